The van der Waals surface area contributed by atoms with E-state index in [-0.39, 0.29) is 0 Å². The van der Waals surface area contributed by atoms with E-state index in [1.54, 1.807) is 0 Å². The maximum Gasteiger partial charge on any atom is 0.227 e. The Morgan fingerprint density at radius 3 is 2.87 bits per heavy atom. The van der Waals surface area contributed by atoms with Crippen LogP contribution in [0, 0.1) is 6.92 Å². The Morgan fingerprint density at radius 1 is 1.07 bits per heavy atom. The predicted octanol–water partition coefficient (Wildman–Crippen LogP) is 5.44. The van der Waals surface area contributed by atoms with Crippen LogP contribution in [0.3, 0.4) is 0 Å². The number of rotatable bonds is 6. The molecule has 0 aliphatic carbocycles. The van der Waals surface area contributed by atoms with E-state index in [2.05, 4.69) is 52.5 Å². The molecule has 5 rings (SSSR count). The lowest BCUT2D eigenvalue weighted by molar-refractivity contribution is 0.125. The maximum absolute atomic E-state index is 6.15. The highest BCUT2D eigenvalue weighted by molar-refractivity contribution is 5.94. The van der Waals surface area contributed by atoms with Gasteiger partial charge in [-0.2, -0.15) is 5.10 Å². The molecule has 0 bridgehead atoms. The molecule has 3 heterocycles. The minimum atomic E-state index is 0.569. The van der Waals surface area contributed by atoms with E-state index in [0.717, 1.165) is 49.0 Å². The van der Waals surface area contributed by atoms with Crippen molar-refractivity contribution in [3.8, 4) is 11.5 Å². The van der Waals surface area contributed by atoms with Gasteiger partial charge in [-0.1, -0.05) is 42.8 Å². The summed E-state index contributed by atoms with van der Waals surface area (Å²) in [4.78, 5) is 7.53. The number of piperidine rings is 1. The summed E-state index contributed by atoms with van der Waals surface area (Å²) in [6.07, 6.45) is 8.82. The van der Waals surface area contributed by atoms with Gasteiger partial charge in [0, 0.05) is 37.1 Å². The van der Waals surface area contributed by atoms with E-state index >= 15 is 0 Å². The zero-order chi connectivity index (χ0) is 20.3. The Kier molecular flexibility index (Phi) is 5.37. The molecule has 2 aromatic heterocycles. The van der Waals surface area contributed by atoms with Crippen LogP contribution < -0.4 is 0 Å². The van der Waals surface area contributed by atoms with Gasteiger partial charge >= 0.3 is 0 Å². The lowest BCUT2D eigenvalue weighted by Gasteiger charge is -2.35. The van der Waals surface area contributed by atoms with E-state index in [9.17, 15) is 0 Å². The maximum atomic E-state index is 6.15. The molecule has 1 aliphatic heterocycles. The number of fused-ring (bicyclic) bond motifs is 1. The smallest absolute Gasteiger partial charge is 0.227 e. The standard InChI is InChI=1S/C25H28N4O/c1-19-24(18-28-15-5-4-10-21(28)13-17-29-16-7-14-26-29)27-25(30-19)23-12-6-9-20-8-2-3-11-22(20)23/h2-3,6-9,11-12,14,16,21H,4-5,10,13,15,17-18H2,1H3. The molecule has 154 valence electrons. The van der Waals surface area contributed by atoms with Crippen LogP contribution in [-0.2, 0) is 13.1 Å². The fourth-order valence-electron chi connectivity index (χ4n) is 4.60. The molecular formula is C25H28N4O. The first kappa shape index (κ1) is 19.1. The van der Waals surface area contributed by atoms with Crippen LogP contribution in [0.5, 0.6) is 0 Å². The van der Waals surface area contributed by atoms with Gasteiger partial charge < -0.3 is 4.42 Å². The number of likely N-dealkylation sites (tertiary alicyclic amines) is 1. The molecule has 1 fully saturated rings. The van der Waals surface area contributed by atoms with Crippen molar-refractivity contribution in [1.29, 1.82) is 0 Å². The molecule has 0 N–H and O–H groups in total. The molecule has 5 heteroatoms. The van der Waals surface area contributed by atoms with Crippen LogP contribution in [0.4, 0.5) is 0 Å². The summed E-state index contributed by atoms with van der Waals surface area (Å²) in [5.74, 6) is 1.65. The molecular weight excluding hydrogens is 372 g/mol. The molecule has 0 spiro atoms. The van der Waals surface area contributed by atoms with Crippen molar-refractivity contribution < 1.29 is 4.42 Å². The molecule has 1 saturated heterocycles. The van der Waals surface area contributed by atoms with E-state index in [1.807, 2.05) is 30.1 Å². The zero-order valence-corrected chi connectivity index (χ0v) is 17.5. The molecule has 1 aliphatic rings. The largest absolute Gasteiger partial charge is 0.441 e. The number of benzene rings is 2. The second-order valence-corrected chi connectivity index (χ2v) is 8.23. The first-order valence-electron chi connectivity index (χ1n) is 10.9. The SMILES string of the molecule is Cc1oc(-c2cccc3ccccc23)nc1CN1CCCCC1CCn1cccn1. The Balaban J connectivity index is 1.36. The second kappa shape index (κ2) is 8.44. The van der Waals surface area contributed by atoms with Crippen molar-refractivity contribution in [3.63, 3.8) is 0 Å². The van der Waals surface area contributed by atoms with E-state index in [4.69, 9.17) is 9.40 Å². The van der Waals surface area contributed by atoms with Gasteiger partial charge in [-0.15, -0.1) is 0 Å². The van der Waals surface area contributed by atoms with E-state index < -0.39 is 0 Å². The molecule has 1 unspecified atom stereocenters. The third-order valence-electron chi connectivity index (χ3n) is 6.27. The third kappa shape index (κ3) is 3.90. The number of aryl methyl sites for hydroxylation is 2. The molecule has 2 aromatic carbocycles. The number of oxazole rings is 1. The molecule has 0 saturated carbocycles. The van der Waals surface area contributed by atoms with Crippen LogP contribution >= 0.6 is 0 Å². The van der Waals surface area contributed by atoms with Crippen molar-refractivity contribution in [2.45, 2.75) is 51.7 Å². The number of nitrogens with zero attached hydrogens (tertiary/aromatic N) is 4. The number of hydrogen-bond acceptors (Lipinski definition) is 4. The molecule has 0 amide bonds. The summed E-state index contributed by atoms with van der Waals surface area (Å²) in [7, 11) is 0. The number of aromatic nitrogens is 3. The van der Waals surface area contributed by atoms with Gasteiger partial charge in [-0.05, 0) is 55.6 Å². The van der Waals surface area contributed by atoms with Crippen LogP contribution in [0.1, 0.15) is 37.1 Å². The van der Waals surface area contributed by atoms with Gasteiger partial charge in [0.1, 0.15) is 5.76 Å². The Labute approximate surface area is 177 Å². The van der Waals surface area contributed by atoms with Crippen LogP contribution in [0.15, 0.2) is 65.3 Å². The topological polar surface area (TPSA) is 47.1 Å². The van der Waals surface area contributed by atoms with Gasteiger partial charge in [-0.25, -0.2) is 4.98 Å². The summed E-state index contributed by atoms with van der Waals surface area (Å²) >= 11 is 0. The average Bonchev–Trinajstić information content (AvgIpc) is 3.43. The van der Waals surface area contributed by atoms with Gasteiger partial charge in [0.2, 0.25) is 5.89 Å². The zero-order valence-electron chi connectivity index (χ0n) is 17.5. The lowest BCUT2D eigenvalue weighted by Crippen LogP contribution is -2.39. The lowest BCUT2D eigenvalue weighted by atomic mass is 9.99. The second-order valence-electron chi connectivity index (χ2n) is 8.23. The highest BCUT2D eigenvalue weighted by Gasteiger charge is 2.25. The van der Waals surface area contributed by atoms with E-state index in [0.29, 0.717) is 6.04 Å². The molecule has 4 aromatic rings. The highest BCUT2D eigenvalue weighted by Crippen LogP contribution is 2.30. The van der Waals surface area contributed by atoms with Crippen molar-refractivity contribution in [2.24, 2.45) is 0 Å². The van der Waals surface area contributed by atoms with Crippen LogP contribution in [0.2, 0.25) is 0 Å². The quantitative estimate of drug-likeness (QED) is 0.432. The first-order chi connectivity index (χ1) is 14.8. The Morgan fingerprint density at radius 2 is 1.97 bits per heavy atom. The Bertz CT molecular complexity index is 1110. The monoisotopic (exact) mass is 400 g/mol. The fourth-order valence-corrected chi connectivity index (χ4v) is 4.60. The van der Waals surface area contributed by atoms with E-state index in [1.165, 1.54) is 30.0 Å². The molecule has 0 radical (unpaired) electrons. The van der Waals surface area contributed by atoms with Crippen LogP contribution in [0.25, 0.3) is 22.2 Å². The Hall–Kier alpha value is -2.92. The molecule has 30 heavy (non-hydrogen) atoms. The van der Waals surface area contributed by atoms with Gasteiger partial charge in [0.05, 0.1) is 5.69 Å². The summed E-state index contributed by atoms with van der Waals surface area (Å²) in [6, 6.07) is 17.3. The molecule has 1 atom stereocenters. The fraction of sp³-hybridized carbons (Fsp3) is 0.360. The van der Waals surface area contributed by atoms with Gasteiger partial charge in [0.25, 0.3) is 0 Å². The minimum absolute atomic E-state index is 0.569. The highest BCUT2D eigenvalue weighted by atomic mass is 16.4. The number of hydrogen-bond donors (Lipinski definition) is 0. The normalized spacial score (nSPS) is 17.6. The first-order valence-corrected chi connectivity index (χ1v) is 10.9. The van der Waals surface area contributed by atoms with Crippen LogP contribution in [-0.4, -0.2) is 32.3 Å². The van der Waals surface area contributed by atoms with Gasteiger partial charge in [0.15, 0.2) is 0 Å². The summed E-state index contributed by atoms with van der Waals surface area (Å²) in [5, 5.41) is 6.75. The van der Waals surface area contributed by atoms with Crippen molar-refractivity contribution >= 4 is 10.8 Å². The average molecular weight is 401 g/mol. The predicted molar refractivity (Wildman–Crippen MR) is 119 cm³/mol. The van der Waals surface area contributed by atoms with Crippen molar-refractivity contribution in [1.82, 2.24) is 19.7 Å². The molecule has 5 nitrogen and oxygen atoms in total. The summed E-state index contributed by atoms with van der Waals surface area (Å²) in [5.41, 5.74) is 2.13. The van der Waals surface area contributed by atoms with Crippen molar-refractivity contribution in [3.05, 3.63) is 72.4 Å². The minimum Gasteiger partial charge on any atom is -0.441 e. The summed E-state index contributed by atoms with van der Waals surface area (Å²) in [6.45, 7) is 4.98. The third-order valence-corrected chi connectivity index (χ3v) is 6.27. The van der Waals surface area contributed by atoms with Crippen molar-refractivity contribution in [2.75, 3.05) is 6.54 Å². The van der Waals surface area contributed by atoms with Gasteiger partial charge in [-0.3, -0.25) is 9.58 Å². The summed E-state index contributed by atoms with van der Waals surface area (Å²) < 4.78 is 8.19.